The van der Waals surface area contributed by atoms with E-state index in [1.807, 2.05) is 0 Å². The van der Waals surface area contributed by atoms with E-state index >= 15 is 0 Å². The number of carbonyl (C=O) groups is 1. The van der Waals surface area contributed by atoms with Crippen LogP contribution in [-0.2, 0) is 4.79 Å². The van der Waals surface area contributed by atoms with Crippen molar-refractivity contribution >= 4 is 24.8 Å². The van der Waals surface area contributed by atoms with Gasteiger partial charge >= 0.3 is 0 Å². The average molecular weight is 295 g/mol. The molecule has 1 saturated heterocycles. The van der Waals surface area contributed by atoms with E-state index in [1.54, 1.807) is 12.3 Å². The maximum Gasteiger partial charge on any atom is 0.157 e. The van der Waals surface area contributed by atoms with Crippen LogP contribution >= 0.6 is 11.8 Å². The van der Waals surface area contributed by atoms with Gasteiger partial charge in [-0.05, 0) is 19.0 Å². The lowest BCUT2D eigenvalue weighted by molar-refractivity contribution is -0.104. The van der Waals surface area contributed by atoms with Crippen LogP contribution < -0.4 is 11.5 Å². The van der Waals surface area contributed by atoms with Gasteiger partial charge in [-0.25, -0.2) is 0 Å². The Labute approximate surface area is 123 Å². The third-order valence-electron chi connectivity index (χ3n) is 2.92. The number of piperazine rings is 1. The molecule has 7 heteroatoms. The summed E-state index contributed by atoms with van der Waals surface area (Å²) < 4.78 is 0. The molecule has 0 aromatic carbocycles. The summed E-state index contributed by atoms with van der Waals surface area (Å²) in [6.45, 7) is 6.94. The minimum absolute atomic E-state index is 0.594. The molecule has 0 atom stereocenters. The molecule has 110 valence electrons. The van der Waals surface area contributed by atoms with Gasteiger partial charge in [0.1, 0.15) is 0 Å². The zero-order valence-corrected chi connectivity index (χ0v) is 12.3. The molecule has 0 bridgehead atoms. The molecular weight excluding hydrogens is 274 g/mol. The summed E-state index contributed by atoms with van der Waals surface area (Å²) in [5.41, 5.74) is 11.9. The number of nitrogens with zero attached hydrogens (tertiary/aromatic N) is 3. The fourth-order valence-electron chi connectivity index (χ4n) is 1.86. The lowest BCUT2D eigenvalue weighted by atomic mass is 10.3. The van der Waals surface area contributed by atoms with Crippen molar-refractivity contribution in [1.82, 2.24) is 9.80 Å². The van der Waals surface area contributed by atoms with Crippen molar-refractivity contribution in [2.45, 2.75) is 0 Å². The van der Waals surface area contributed by atoms with Crippen LogP contribution in [0.5, 0.6) is 0 Å². The SMILES string of the molecule is C=N/C=C(/C=O)SCN1CCN(C(=CN)/C=C\N)CC1. The fourth-order valence-corrected chi connectivity index (χ4v) is 2.66. The van der Waals surface area contributed by atoms with E-state index in [-0.39, 0.29) is 0 Å². The molecule has 0 amide bonds. The minimum Gasteiger partial charge on any atom is -0.405 e. The van der Waals surface area contributed by atoms with Crippen LogP contribution in [0.1, 0.15) is 0 Å². The summed E-state index contributed by atoms with van der Waals surface area (Å²) >= 11 is 1.47. The normalized spacial score (nSPS) is 18.5. The van der Waals surface area contributed by atoms with Gasteiger partial charge in [-0.2, -0.15) is 0 Å². The smallest absolute Gasteiger partial charge is 0.157 e. The molecule has 0 saturated carbocycles. The van der Waals surface area contributed by atoms with Crippen molar-refractivity contribution in [3.05, 3.63) is 35.3 Å². The molecule has 0 radical (unpaired) electrons. The molecule has 1 fully saturated rings. The Kier molecular flexibility index (Phi) is 7.52. The molecule has 0 unspecified atom stereocenters. The van der Waals surface area contributed by atoms with Crippen LogP contribution in [0, 0.1) is 0 Å². The molecule has 20 heavy (non-hydrogen) atoms. The molecule has 1 heterocycles. The van der Waals surface area contributed by atoms with Crippen LogP contribution in [-0.4, -0.2) is 54.9 Å². The minimum atomic E-state index is 0.594. The molecule has 0 aliphatic carbocycles. The highest BCUT2D eigenvalue weighted by Crippen LogP contribution is 2.17. The maximum atomic E-state index is 10.8. The summed E-state index contributed by atoms with van der Waals surface area (Å²) in [4.78, 5) is 19.4. The number of rotatable bonds is 7. The molecular formula is C13H21N5OS. The number of carbonyl (C=O) groups excluding carboxylic acids is 1. The third-order valence-corrected chi connectivity index (χ3v) is 3.95. The standard InChI is InChI=1S/C13H21N5OS/c1-16-9-13(10-19)20-11-17-4-6-18(7-5-17)12(8-15)2-3-14/h2-3,8-10H,1,4-7,11,14-15H2/b3-2-,12-8?,13-9-. The van der Waals surface area contributed by atoms with Crippen LogP contribution in [0.15, 0.2) is 40.3 Å². The molecule has 1 rings (SSSR count). The van der Waals surface area contributed by atoms with E-state index in [1.165, 1.54) is 24.2 Å². The Morgan fingerprint density at radius 3 is 2.50 bits per heavy atom. The number of aliphatic imine (C=N–C) groups is 1. The molecule has 1 aliphatic rings. The van der Waals surface area contributed by atoms with E-state index in [2.05, 4.69) is 21.5 Å². The predicted molar refractivity (Wildman–Crippen MR) is 84.9 cm³/mol. The van der Waals surface area contributed by atoms with Crippen molar-refractivity contribution in [2.24, 2.45) is 16.5 Å². The molecule has 0 aromatic rings. The highest BCUT2D eigenvalue weighted by Gasteiger charge is 2.17. The van der Waals surface area contributed by atoms with Crippen molar-refractivity contribution in [1.29, 1.82) is 0 Å². The highest BCUT2D eigenvalue weighted by molar-refractivity contribution is 8.03. The van der Waals surface area contributed by atoms with E-state index in [0.29, 0.717) is 4.91 Å². The first-order chi connectivity index (χ1) is 9.74. The summed E-state index contributed by atoms with van der Waals surface area (Å²) in [6, 6.07) is 0. The monoisotopic (exact) mass is 295 g/mol. The van der Waals surface area contributed by atoms with E-state index in [4.69, 9.17) is 11.5 Å². The Balaban J connectivity index is 2.41. The Morgan fingerprint density at radius 1 is 1.30 bits per heavy atom. The van der Waals surface area contributed by atoms with Crippen LogP contribution in [0.2, 0.25) is 0 Å². The van der Waals surface area contributed by atoms with Gasteiger partial charge in [-0.3, -0.25) is 14.7 Å². The summed E-state index contributed by atoms with van der Waals surface area (Å²) in [5, 5.41) is 0. The highest BCUT2D eigenvalue weighted by atomic mass is 32.2. The summed E-state index contributed by atoms with van der Waals surface area (Å²) in [5.74, 6) is 0.766. The first kappa shape index (κ1) is 16.3. The van der Waals surface area contributed by atoms with Crippen LogP contribution in [0.25, 0.3) is 0 Å². The topological polar surface area (TPSA) is 88.0 Å². The Morgan fingerprint density at radius 2 is 2.00 bits per heavy atom. The van der Waals surface area contributed by atoms with Gasteiger partial charge < -0.3 is 16.4 Å². The molecule has 0 aromatic heterocycles. The lowest BCUT2D eigenvalue weighted by Crippen LogP contribution is -2.45. The van der Waals surface area contributed by atoms with Gasteiger partial charge in [0.15, 0.2) is 6.29 Å². The van der Waals surface area contributed by atoms with Gasteiger partial charge in [-0.15, -0.1) is 11.8 Å². The Bertz CT molecular complexity index is 411. The lowest BCUT2D eigenvalue weighted by Gasteiger charge is -2.36. The quantitative estimate of drug-likeness (QED) is 0.304. The van der Waals surface area contributed by atoms with E-state index < -0.39 is 0 Å². The summed E-state index contributed by atoms with van der Waals surface area (Å²) in [7, 11) is 0. The largest absolute Gasteiger partial charge is 0.405 e. The van der Waals surface area contributed by atoms with Crippen LogP contribution in [0.4, 0.5) is 0 Å². The predicted octanol–water partition coefficient (Wildman–Crippen LogP) is 0.308. The summed E-state index contributed by atoms with van der Waals surface area (Å²) in [6.07, 6.45) is 7.14. The number of hydrogen-bond acceptors (Lipinski definition) is 7. The fraction of sp³-hybridized carbons (Fsp3) is 0.385. The van der Waals surface area contributed by atoms with Gasteiger partial charge in [0.2, 0.25) is 0 Å². The van der Waals surface area contributed by atoms with Gasteiger partial charge in [0, 0.05) is 44.5 Å². The zero-order chi connectivity index (χ0) is 14.8. The number of hydrogen-bond donors (Lipinski definition) is 2. The van der Waals surface area contributed by atoms with Crippen molar-refractivity contribution in [2.75, 3.05) is 32.1 Å². The van der Waals surface area contributed by atoms with Crippen LogP contribution in [0.3, 0.4) is 0 Å². The number of allylic oxidation sites excluding steroid dienone is 2. The number of nitrogens with two attached hydrogens (primary N) is 2. The zero-order valence-electron chi connectivity index (χ0n) is 11.4. The Hall–Kier alpha value is -1.73. The molecule has 6 nitrogen and oxygen atoms in total. The molecule has 4 N–H and O–H groups in total. The van der Waals surface area contributed by atoms with Gasteiger partial charge in [0.05, 0.1) is 10.6 Å². The van der Waals surface area contributed by atoms with E-state index in [0.717, 1.165) is 44.0 Å². The number of aldehydes is 1. The maximum absolute atomic E-state index is 10.8. The first-order valence-electron chi connectivity index (χ1n) is 6.26. The van der Waals surface area contributed by atoms with Crippen molar-refractivity contribution in [3.63, 3.8) is 0 Å². The second-order valence-electron chi connectivity index (χ2n) is 4.16. The second-order valence-corrected chi connectivity index (χ2v) is 5.18. The average Bonchev–Trinajstić information content (AvgIpc) is 2.49. The van der Waals surface area contributed by atoms with Crippen molar-refractivity contribution < 1.29 is 4.79 Å². The van der Waals surface area contributed by atoms with E-state index in [9.17, 15) is 4.79 Å². The molecule has 0 spiro atoms. The first-order valence-corrected chi connectivity index (χ1v) is 7.25. The van der Waals surface area contributed by atoms with Crippen molar-refractivity contribution in [3.8, 4) is 0 Å². The number of thioether (sulfide) groups is 1. The third kappa shape index (κ3) is 5.10. The molecule has 1 aliphatic heterocycles. The second kappa shape index (κ2) is 9.22. The van der Waals surface area contributed by atoms with Gasteiger partial charge in [-0.1, -0.05) is 0 Å². The van der Waals surface area contributed by atoms with Gasteiger partial charge in [0.25, 0.3) is 0 Å².